The van der Waals surface area contributed by atoms with Crippen LogP contribution >= 0.6 is 0 Å². The molecular weight excluding hydrogens is 142 g/mol. The van der Waals surface area contributed by atoms with Crippen molar-refractivity contribution in [2.75, 3.05) is 20.7 Å². The predicted octanol–water partition coefficient (Wildman–Crippen LogP) is 0.0863. The van der Waals surface area contributed by atoms with E-state index in [1.54, 1.807) is 7.11 Å². The van der Waals surface area contributed by atoms with E-state index in [0.29, 0.717) is 6.10 Å². The van der Waals surface area contributed by atoms with Crippen molar-refractivity contribution in [3.8, 4) is 0 Å². The average Bonchev–Trinajstić information content (AvgIpc) is 2.30. The van der Waals surface area contributed by atoms with E-state index in [9.17, 15) is 5.11 Å². The summed E-state index contributed by atoms with van der Waals surface area (Å²) in [6, 6.07) is 0.278. The second kappa shape index (κ2) is 3.52. The molecule has 0 amide bonds. The minimum absolute atomic E-state index is 0.250. The lowest BCUT2D eigenvalue weighted by Crippen LogP contribution is -2.34. The van der Waals surface area contributed by atoms with Crippen molar-refractivity contribution in [1.82, 2.24) is 4.90 Å². The second-order valence-corrected chi connectivity index (χ2v) is 3.34. The van der Waals surface area contributed by atoms with Crippen LogP contribution in [0.2, 0.25) is 0 Å². The highest BCUT2D eigenvalue weighted by Crippen LogP contribution is 2.20. The molecule has 1 aliphatic heterocycles. The molecule has 1 fully saturated rings. The summed E-state index contributed by atoms with van der Waals surface area (Å²) in [4.78, 5) is 2.15. The third-order valence-corrected chi connectivity index (χ3v) is 2.45. The molecule has 3 heteroatoms. The van der Waals surface area contributed by atoms with Crippen molar-refractivity contribution in [2.24, 2.45) is 0 Å². The highest BCUT2D eigenvalue weighted by molar-refractivity contribution is 4.86. The zero-order valence-corrected chi connectivity index (χ0v) is 7.45. The summed E-state index contributed by atoms with van der Waals surface area (Å²) in [5.41, 5.74) is 0. The largest absolute Gasteiger partial charge is 0.392 e. The number of nitrogens with zero attached hydrogens (tertiary/aromatic N) is 1. The number of methoxy groups -OCH3 is 1. The van der Waals surface area contributed by atoms with E-state index in [4.69, 9.17) is 4.74 Å². The Balaban J connectivity index is 2.45. The van der Waals surface area contributed by atoms with Gasteiger partial charge in [0.2, 0.25) is 0 Å². The summed E-state index contributed by atoms with van der Waals surface area (Å²) < 4.78 is 5.21. The summed E-state index contributed by atoms with van der Waals surface area (Å²) in [5, 5.41) is 9.34. The van der Waals surface area contributed by atoms with Crippen LogP contribution in [0.4, 0.5) is 0 Å². The van der Waals surface area contributed by atoms with Crippen LogP contribution in [0.1, 0.15) is 13.3 Å². The molecule has 0 aliphatic carbocycles. The molecule has 0 bridgehead atoms. The van der Waals surface area contributed by atoms with Gasteiger partial charge in [-0.05, 0) is 20.4 Å². The van der Waals surface area contributed by atoms with Crippen molar-refractivity contribution in [3.05, 3.63) is 0 Å². The fraction of sp³-hybridized carbons (Fsp3) is 1.00. The first kappa shape index (κ1) is 8.97. The Labute approximate surface area is 68.0 Å². The van der Waals surface area contributed by atoms with Crippen molar-refractivity contribution in [2.45, 2.75) is 31.6 Å². The SMILES string of the molecule is CO[C@H]1C[C@@H](C(C)O)N(C)C1. The number of hydrogen-bond acceptors (Lipinski definition) is 3. The quantitative estimate of drug-likeness (QED) is 0.619. The Morgan fingerprint density at radius 1 is 1.64 bits per heavy atom. The maximum absolute atomic E-state index is 9.34. The highest BCUT2D eigenvalue weighted by Gasteiger charge is 2.31. The Kier molecular flexibility index (Phi) is 2.87. The summed E-state index contributed by atoms with van der Waals surface area (Å²) in [6.07, 6.45) is 1.00. The standard InChI is InChI=1S/C8H17NO2/c1-6(10)8-4-7(11-3)5-9(8)2/h6-8,10H,4-5H2,1-3H3/t6?,7-,8-/m0/s1. The molecule has 0 spiro atoms. The van der Waals surface area contributed by atoms with Crippen LogP contribution in [-0.2, 0) is 4.74 Å². The molecule has 0 aromatic carbocycles. The number of likely N-dealkylation sites (tertiary alicyclic amines) is 1. The Bertz CT molecular complexity index is 127. The summed E-state index contributed by atoms with van der Waals surface area (Å²) in [5.74, 6) is 0. The fourth-order valence-electron chi connectivity index (χ4n) is 1.72. The van der Waals surface area contributed by atoms with E-state index >= 15 is 0 Å². The number of hydrogen-bond donors (Lipinski definition) is 1. The van der Waals surface area contributed by atoms with Crippen molar-refractivity contribution in [3.63, 3.8) is 0 Å². The Morgan fingerprint density at radius 3 is 2.55 bits per heavy atom. The van der Waals surface area contributed by atoms with Gasteiger partial charge in [0.25, 0.3) is 0 Å². The van der Waals surface area contributed by atoms with Crippen LogP contribution in [0, 0.1) is 0 Å². The van der Waals surface area contributed by atoms with Gasteiger partial charge in [-0.1, -0.05) is 0 Å². The first-order valence-electron chi connectivity index (χ1n) is 4.06. The molecule has 0 radical (unpaired) electrons. The van der Waals surface area contributed by atoms with Crippen LogP contribution in [0.3, 0.4) is 0 Å². The maximum atomic E-state index is 9.34. The maximum Gasteiger partial charge on any atom is 0.0714 e. The predicted molar refractivity (Wildman–Crippen MR) is 43.5 cm³/mol. The third kappa shape index (κ3) is 1.92. The molecule has 3 atom stereocenters. The smallest absolute Gasteiger partial charge is 0.0714 e. The first-order valence-corrected chi connectivity index (χ1v) is 4.06. The van der Waals surface area contributed by atoms with Gasteiger partial charge >= 0.3 is 0 Å². The molecule has 3 nitrogen and oxygen atoms in total. The van der Waals surface area contributed by atoms with Gasteiger partial charge in [0.05, 0.1) is 12.2 Å². The van der Waals surface area contributed by atoms with E-state index in [-0.39, 0.29) is 12.1 Å². The molecule has 1 unspecified atom stereocenters. The summed E-state index contributed by atoms with van der Waals surface area (Å²) >= 11 is 0. The molecule has 0 aromatic rings. The zero-order chi connectivity index (χ0) is 8.43. The number of ether oxygens (including phenoxy) is 1. The van der Waals surface area contributed by atoms with Gasteiger partial charge in [-0.25, -0.2) is 0 Å². The second-order valence-electron chi connectivity index (χ2n) is 3.34. The van der Waals surface area contributed by atoms with E-state index < -0.39 is 0 Å². The highest BCUT2D eigenvalue weighted by atomic mass is 16.5. The van der Waals surface area contributed by atoms with Gasteiger partial charge in [-0.3, -0.25) is 4.90 Å². The molecule has 1 aliphatic rings. The lowest BCUT2D eigenvalue weighted by Gasteiger charge is -2.21. The van der Waals surface area contributed by atoms with E-state index in [1.165, 1.54) is 0 Å². The molecule has 0 saturated carbocycles. The molecule has 0 aromatic heterocycles. The van der Waals surface area contributed by atoms with Crippen LogP contribution in [0.25, 0.3) is 0 Å². The Hall–Kier alpha value is -0.120. The van der Waals surface area contributed by atoms with Crippen LogP contribution in [-0.4, -0.2) is 49.0 Å². The lowest BCUT2D eigenvalue weighted by atomic mass is 10.1. The molecule has 1 heterocycles. The van der Waals surface area contributed by atoms with Gasteiger partial charge in [0.15, 0.2) is 0 Å². The minimum Gasteiger partial charge on any atom is -0.392 e. The van der Waals surface area contributed by atoms with Crippen molar-refractivity contribution < 1.29 is 9.84 Å². The van der Waals surface area contributed by atoms with Gasteiger partial charge in [-0.2, -0.15) is 0 Å². The summed E-state index contributed by atoms with van der Waals surface area (Å²) in [6.45, 7) is 2.77. The zero-order valence-electron chi connectivity index (χ0n) is 7.45. The Morgan fingerprint density at radius 2 is 2.27 bits per heavy atom. The minimum atomic E-state index is -0.250. The van der Waals surface area contributed by atoms with Crippen LogP contribution in [0.15, 0.2) is 0 Å². The molecular formula is C8H17NO2. The lowest BCUT2D eigenvalue weighted by molar-refractivity contribution is 0.0979. The van der Waals surface area contributed by atoms with Crippen molar-refractivity contribution >= 4 is 0 Å². The van der Waals surface area contributed by atoms with Crippen LogP contribution < -0.4 is 0 Å². The number of aliphatic hydroxyl groups excluding tert-OH is 1. The van der Waals surface area contributed by atoms with Crippen molar-refractivity contribution in [1.29, 1.82) is 0 Å². The van der Waals surface area contributed by atoms with Gasteiger partial charge in [0.1, 0.15) is 0 Å². The van der Waals surface area contributed by atoms with Gasteiger partial charge in [-0.15, -0.1) is 0 Å². The molecule has 66 valence electrons. The average molecular weight is 159 g/mol. The first-order chi connectivity index (χ1) is 5.15. The van der Waals surface area contributed by atoms with E-state index in [0.717, 1.165) is 13.0 Å². The van der Waals surface area contributed by atoms with E-state index in [2.05, 4.69) is 4.90 Å². The van der Waals surface area contributed by atoms with Crippen LogP contribution in [0.5, 0.6) is 0 Å². The summed E-state index contributed by atoms with van der Waals surface area (Å²) in [7, 11) is 3.75. The number of likely N-dealkylation sites (N-methyl/N-ethyl adjacent to an activating group) is 1. The number of aliphatic hydroxyl groups is 1. The monoisotopic (exact) mass is 159 g/mol. The topological polar surface area (TPSA) is 32.7 Å². The molecule has 1 N–H and O–H groups in total. The number of rotatable bonds is 2. The van der Waals surface area contributed by atoms with E-state index in [1.807, 2.05) is 14.0 Å². The van der Waals surface area contributed by atoms with Gasteiger partial charge in [0, 0.05) is 19.7 Å². The molecule has 1 rings (SSSR count). The van der Waals surface area contributed by atoms with Gasteiger partial charge < -0.3 is 9.84 Å². The molecule has 1 saturated heterocycles. The molecule has 11 heavy (non-hydrogen) atoms. The fourth-order valence-corrected chi connectivity index (χ4v) is 1.72. The normalized spacial score (nSPS) is 36.0. The third-order valence-electron chi connectivity index (χ3n) is 2.45.